The molecule has 0 aromatic rings. The number of hydrogen-bond acceptors (Lipinski definition) is 3. The van der Waals surface area contributed by atoms with E-state index in [1.54, 1.807) is 6.92 Å². The summed E-state index contributed by atoms with van der Waals surface area (Å²) in [5, 5.41) is 8.53. The van der Waals surface area contributed by atoms with Crippen LogP contribution in [0.1, 0.15) is 19.8 Å². The number of carbonyl (C=O) groups is 1. The molecule has 3 nitrogen and oxygen atoms in total. The summed E-state index contributed by atoms with van der Waals surface area (Å²) in [7, 11) is 0. The van der Waals surface area contributed by atoms with Crippen molar-refractivity contribution in [3.8, 4) is 18.4 Å². The summed E-state index contributed by atoms with van der Waals surface area (Å²) in [6.07, 6.45) is 5.80. The molecule has 0 aromatic carbocycles. The van der Waals surface area contributed by atoms with Gasteiger partial charge in [0.25, 0.3) is 0 Å². The predicted octanol–water partition coefficient (Wildman–Crippen LogP) is 1.10. The van der Waals surface area contributed by atoms with Gasteiger partial charge in [-0.3, -0.25) is 4.79 Å². The van der Waals surface area contributed by atoms with Crippen molar-refractivity contribution in [2.24, 2.45) is 5.92 Å². The number of nitriles is 1. The lowest BCUT2D eigenvalue weighted by Gasteiger charge is -2.05. The molecular formula is C9H11NO2. The molecule has 0 aliphatic carbocycles. The van der Waals surface area contributed by atoms with Crippen LogP contribution in [0.2, 0.25) is 0 Å². The van der Waals surface area contributed by atoms with Gasteiger partial charge in [0.05, 0.1) is 12.7 Å². The Hall–Kier alpha value is -1.48. The molecule has 1 unspecified atom stereocenters. The van der Waals surface area contributed by atoms with Crippen molar-refractivity contribution in [1.82, 2.24) is 0 Å². The SMILES string of the molecule is C#CCCC(C#N)C(=O)OCC. The quantitative estimate of drug-likeness (QED) is 0.463. The van der Waals surface area contributed by atoms with Gasteiger partial charge >= 0.3 is 5.97 Å². The van der Waals surface area contributed by atoms with Crippen molar-refractivity contribution >= 4 is 5.97 Å². The van der Waals surface area contributed by atoms with Gasteiger partial charge in [-0.05, 0) is 13.3 Å². The second-order valence-corrected chi connectivity index (χ2v) is 2.18. The Morgan fingerprint density at radius 3 is 2.83 bits per heavy atom. The van der Waals surface area contributed by atoms with Crippen molar-refractivity contribution in [2.45, 2.75) is 19.8 Å². The highest BCUT2D eigenvalue weighted by atomic mass is 16.5. The molecule has 0 aromatic heterocycles. The van der Waals surface area contributed by atoms with Crippen molar-refractivity contribution in [3.05, 3.63) is 0 Å². The fourth-order valence-corrected chi connectivity index (χ4v) is 0.706. The van der Waals surface area contributed by atoms with E-state index in [9.17, 15) is 4.79 Å². The molecule has 0 aliphatic rings. The van der Waals surface area contributed by atoms with Crippen molar-refractivity contribution in [1.29, 1.82) is 5.26 Å². The van der Waals surface area contributed by atoms with Crippen molar-refractivity contribution in [2.75, 3.05) is 6.61 Å². The summed E-state index contributed by atoms with van der Waals surface area (Å²) in [5.41, 5.74) is 0. The molecule has 12 heavy (non-hydrogen) atoms. The van der Waals surface area contributed by atoms with Crippen LogP contribution in [0.25, 0.3) is 0 Å². The lowest BCUT2D eigenvalue weighted by atomic mass is 10.1. The van der Waals surface area contributed by atoms with Gasteiger partial charge in [-0.1, -0.05) is 0 Å². The number of hydrogen-bond donors (Lipinski definition) is 0. The van der Waals surface area contributed by atoms with Gasteiger partial charge < -0.3 is 4.74 Å². The molecule has 1 atom stereocenters. The summed E-state index contributed by atoms with van der Waals surface area (Å²) < 4.78 is 4.66. The van der Waals surface area contributed by atoms with E-state index in [4.69, 9.17) is 11.7 Å². The first-order chi connectivity index (χ1) is 5.76. The van der Waals surface area contributed by atoms with E-state index < -0.39 is 11.9 Å². The zero-order chi connectivity index (χ0) is 9.40. The minimum atomic E-state index is -0.707. The lowest BCUT2D eigenvalue weighted by molar-refractivity contribution is -0.146. The average Bonchev–Trinajstić information content (AvgIpc) is 2.06. The second kappa shape index (κ2) is 6.24. The smallest absolute Gasteiger partial charge is 0.323 e. The van der Waals surface area contributed by atoms with Crippen LogP contribution in [0.15, 0.2) is 0 Å². The number of ether oxygens (including phenoxy) is 1. The lowest BCUT2D eigenvalue weighted by Crippen LogP contribution is -2.15. The van der Waals surface area contributed by atoms with Gasteiger partial charge in [-0.25, -0.2) is 0 Å². The topological polar surface area (TPSA) is 50.1 Å². The van der Waals surface area contributed by atoms with E-state index in [-0.39, 0.29) is 0 Å². The van der Waals surface area contributed by atoms with Gasteiger partial charge in [0.2, 0.25) is 0 Å². The summed E-state index contributed by atoms with van der Waals surface area (Å²) >= 11 is 0. The molecule has 0 rings (SSSR count). The van der Waals surface area contributed by atoms with E-state index >= 15 is 0 Å². The van der Waals surface area contributed by atoms with Crippen LogP contribution in [0.5, 0.6) is 0 Å². The highest BCUT2D eigenvalue weighted by Gasteiger charge is 2.17. The van der Waals surface area contributed by atoms with Gasteiger partial charge in [0, 0.05) is 6.42 Å². The molecule has 0 fully saturated rings. The zero-order valence-corrected chi connectivity index (χ0v) is 7.04. The normalized spacial score (nSPS) is 10.9. The predicted molar refractivity (Wildman–Crippen MR) is 43.8 cm³/mol. The number of nitrogens with zero attached hydrogens (tertiary/aromatic N) is 1. The van der Waals surface area contributed by atoms with E-state index in [2.05, 4.69) is 10.7 Å². The highest BCUT2D eigenvalue weighted by Crippen LogP contribution is 2.06. The maximum atomic E-state index is 11.0. The second-order valence-electron chi connectivity index (χ2n) is 2.18. The minimum Gasteiger partial charge on any atom is -0.465 e. The molecule has 3 heteroatoms. The maximum absolute atomic E-state index is 11.0. The fourth-order valence-electron chi connectivity index (χ4n) is 0.706. The van der Waals surface area contributed by atoms with Gasteiger partial charge in [0.15, 0.2) is 0 Å². The zero-order valence-electron chi connectivity index (χ0n) is 7.04. The third-order valence-electron chi connectivity index (χ3n) is 1.30. The molecule has 0 saturated heterocycles. The average molecular weight is 165 g/mol. The molecule has 0 heterocycles. The number of esters is 1. The van der Waals surface area contributed by atoms with E-state index in [1.165, 1.54) is 0 Å². The molecule has 64 valence electrons. The third kappa shape index (κ3) is 3.63. The Morgan fingerprint density at radius 2 is 2.42 bits per heavy atom. The Labute approximate surface area is 72.3 Å². The van der Waals surface area contributed by atoms with Crippen LogP contribution in [0.4, 0.5) is 0 Å². The minimum absolute atomic E-state index is 0.299. The highest BCUT2D eigenvalue weighted by molar-refractivity contribution is 5.75. The van der Waals surface area contributed by atoms with Crippen LogP contribution in [0.3, 0.4) is 0 Å². The monoisotopic (exact) mass is 165 g/mol. The number of terminal acetylenes is 1. The molecule has 0 bridgehead atoms. The Bertz CT molecular complexity index is 222. The molecular weight excluding hydrogens is 154 g/mol. The van der Waals surface area contributed by atoms with Gasteiger partial charge in [0.1, 0.15) is 5.92 Å². The van der Waals surface area contributed by atoms with Crippen LogP contribution < -0.4 is 0 Å². The maximum Gasteiger partial charge on any atom is 0.323 e. The van der Waals surface area contributed by atoms with Gasteiger partial charge in [-0.2, -0.15) is 5.26 Å². The van der Waals surface area contributed by atoms with Crippen LogP contribution in [0, 0.1) is 29.6 Å². The summed E-state index contributed by atoms with van der Waals surface area (Å²) in [6, 6.07) is 1.85. The van der Waals surface area contributed by atoms with Gasteiger partial charge in [-0.15, -0.1) is 12.3 Å². The molecule has 0 N–H and O–H groups in total. The molecule has 0 radical (unpaired) electrons. The van der Waals surface area contributed by atoms with E-state index in [1.807, 2.05) is 6.07 Å². The number of carbonyl (C=O) groups excluding carboxylic acids is 1. The van der Waals surface area contributed by atoms with E-state index in [0.717, 1.165) is 0 Å². The molecule has 0 aliphatic heterocycles. The fraction of sp³-hybridized carbons (Fsp3) is 0.556. The third-order valence-corrected chi connectivity index (χ3v) is 1.30. The van der Waals surface area contributed by atoms with Crippen LogP contribution in [-0.2, 0) is 9.53 Å². The largest absolute Gasteiger partial charge is 0.465 e. The Balaban J connectivity index is 3.92. The van der Waals surface area contributed by atoms with E-state index in [0.29, 0.717) is 19.4 Å². The summed E-state index contributed by atoms with van der Waals surface area (Å²) in [5.74, 6) is 1.19. The molecule has 0 saturated carbocycles. The summed E-state index contributed by atoms with van der Waals surface area (Å²) in [4.78, 5) is 11.0. The Kier molecular flexibility index (Phi) is 5.47. The summed E-state index contributed by atoms with van der Waals surface area (Å²) in [6.45, 7) is 2.00. The first kappa shape index (κ1) is 10.5. The van der Waals surface area contributed by atoms with Crippen molar-refractivity contribution < 1.29 is 9.53 Å². The number of rotatable bonds is 4. The van der Waals surface area contributed by atoms with Crippen LogP contribution in [-0.4, -0.2) is 12.6 Å². The molecule has 0 amide bonds. The van der Waals surface area contributed by atoms with Crippen LogP contribution >= 0.6 is 0 Å². The molecule has 0 spiro atoms. The van der Waals surface area contributed by atoms with Crippen molar-refractivity contribution in [3.63, 3.8) is 0 Å². The first-order valence-electron chi connectivity index (χ1n) is 3.76. The first-order valence-corrected chi connectivity index (χ1v) is 3.76. The standard InChI is InChI=1S/C9H11NO2/c1-3-5-6-8(7-10)9(11)12-4-2/h1,8H,4-6H2,2H3. The Morgan fingerprint density at radius 1 is 1.75 bits per heavy atom.